The molecule has 143 heavy (non-hydrogen) atoms. The Labute approximate surface area is 967 Å². The number of urea groups is 3. The summed E-state index contributed by atoms with van der Waals surface area (Å²) in [7, 11) is 0.109. The smallest absolute Gasteiger partial charge is 1.00 e. The summed E-state index contributed by atoms with van der Waals surface area (Å²) in [4.78, 5) is 145. The van der Waals surface area contributed by atoms with E-state index in [4.69, 9.17) is 110 Å². The van der Waals surface area contributed by atoms with Crippen LogP contribution < -0.4 is 144 Å². The van der Waals surface area contributed by atoms with Crippen molar-refractivity contribution in [1.82, 2.24) is 47.3 Å². The van der Waals surface area contributed by atoms with Gasteiger partial charge in [0.1, 0.15) is 43.8 Å². The van der Waals surface area contributed by atoms with Crippen molar-refractivity contribution in [3.8, 4) is 24.7 Å². The first kappa shape index (κ1) is 131. The zero-order valence-corrected chi connectivity index (χ0v) is 93.7. The Morgan fingerprint density at radius 3 is 1.24 bits per heavy atom. The maximum Gasteiger partial charge on any atom is 1.00 e. The number of aromatic nitrogens is 4. The zero-order chi connectivity index (χ0) is 102. The molecule has 37 nitrogen and oxygen atoms in total. The number of nitrogens with one attached hydrogen (secondary N) is 1. The number of ether oxygens (including phenoxy) is 1. The average molecular weight is 2160 g/mol. The summed E-state index contributed by atoms with van der Waals surface area (Å²) in [6.07, 6.45) is 35.2. The first-order chi connectivity index (χ1) is 66.4. The summed E-state index contributed by atoms with van der Waals surface area (Å²) in [5.41, 5.74) is -0.114. The quantitative estimate of drug-likeness (QED) is 0.00791. The number of aliphatic hydroxyl groups is 1. The average Bonchev–Trinajstić information content (AvgIpc) is 1.60. The number of aliphatic hydroxyl groups excluding tert-OH is 1. The van der Waals surface area contributed by atoms with Crippen LogP contribution in [0.5, 0.6) is 0 Å². The number of rotatable bonds is 22. The predicted octanol–water partition coefficient (Wildman–Crippen LogP) is 5.25. The number of piperidine rings is 3. The molecule has 7 aliphatic carbocycles. The number of ketones is 1. The van der Waals surface area contributed by atoms with E-state index in [2.05, 4.69) is 101 Å². The number of oxime groups is 2. The van der Waals surface area contributed by atoms with Crippen molar-refractivity contribution < 1.29 is 226 Å². The van der Waals surface area contributed by atoms with Crippen molar-refractivity contribution in [1.29, 1.82) is 5.41 Å². The summed E-state index contributed by atoms with van der Waals surface area (Å²) < 4.78 is 30.4. The van der Waals surface area contributed by atoms with Gasteiger partial charge in [-0.2, -0.15) is 15.2 Å². The summed E-state index contributed by atoms with van der Waals surface area (Å²) >= 11 is 21.2. The minimum absolute atomic E-state index is 0. The Morgan fingerprint density at radius 1 is 0.573 bits per heavy atom. The second-order valence-electron chi connectivity index (χ2n) is 37.4. The van der Waals surface area contributed by atoms with Gasteiger partial charge in [-0.3, -0.25) is 38.9 Å². The van der Waals surface area contributed by atoms with Crippen molar-refractivity contribution in [2.24, 2.45) is 87.2 Å². The second-order valence-corrected chi connectivity index (χ2v) is 40.9. The number of aldehydes is 2. The fourth-order valence-electron chi connectivity index (χ4n) is 17.9. The molecule has 6 saturated heterocycles. The number of methoxy groups -OCH3 is 1. The normalized spacial score (nSPS) is 26.6. The van der Waals surface area contributed by atoms with E-state index in [9.17, 15) is 52.5 Å². The maximum atomic E-state index is 12.9. The molecule has 4 N–H and O–H groups in total. The monoisotopic (exact) mass is 2150 g/mol. The molecule has 13 aliphatic rings. The van der Waals surface area contributed by atoms with Gasteiger partial charge in [0, 0.05) is 118 Å². The first-order valence-corrected chi connectivity index (χ1v) is 49.7. The molecule has 6 atom stereocenters. The van der Waals surface area contributed by atoms with Crippen LogP contribution in [0.25, 0.3) is 0 Å². The van der Waals surface area contributed by atoms with Crippen LogP contribution in [0.1, 0.15) is 227 Å². The van der Waals surface area contributed by atoms with Crippen molar-refractivity contribution in [3.05, 3.63) is 157 Å². The number of nitrogens with zero attached hydrogens (tertiary/aromatic N) is 12. The topological polar surface area (TPSA) is 462 Å². The summed E-state index contributed by atoms with van der Waals surface area (Å²) in [5, 5.41) is 56.3. The Morgan fingerprint density at radius 2 is 0.937 bits per heavy atom. The summed E-state index contributed by atoms with van der Waals surface area (Å²) in [5.74, 6) is 15.0. The molecular weight excluding hydrogens is 2020 g/mol. The van der Waals surface area contributed by atoms with E-state index in [1.54, 1.807) is 14.9 Å². The number of carbonyl (C=O) groups is 8. The van der Waals surface area contributed by atoms with Crippen LogP contribution in [0.15, 0.2) is 126 Å². The number of hydrogen-bond donors (Lipinski definition) is 4. The summed E-state index contributed by atoms with van der Waals surface area (Å²) in [6, 6.07) is 30.8. The molecule has 13 fully saturated rings. The molecule has 7 saturated carbocycles. The number of halogens is 4. The number of fused-ring (bicyclic) bond motifs is 6. The largest absolute Gasteiger partial charge is 1.00 e. The van der Waals surface area contributed by atoms with E-state index in [-0.39, 0.29) is 232 Å². The van der Waals surface area contributed by atoms with E-state index < -0.39 is 35.9 Å². The van der Waals surface area contributed by atoms with Gasteiger partial charge < -0.3 is 71.1 Å². The SMILES string of the molecule is C#CC1CC(C)C1.C#CC1CC(C)C1.CC1CC(C=O)C1.CC1CC(C=O)C1.CC1CC(CO)C1.CC1CC(c2cc([C@@H]3CC[C@@H]4CN3C(=O)N4OCc3ccccc3)no2)C1.COC(=O)C1CC(C)C1.COP(=O)(OC)C(=N)C(C)=O.O=C1N2C[C@@H](CC[C@H]2/C(Cl)=N/O)N1OCc1ccccc1.O=C1N2C[C@@H](CC[C@H]2/C=N/O)N1OCc1ccccc1.O=CO[O-].O=c1n(Cl)c(=O)n(Cl)c(=O)n1Cl.[AlH3].[H-].[H-].[K+].[K+].[Li+]. The minimum Gasteiger partial charge on any atom is -1.00 e. The van der Waals surface area contributed by atoms with Crippen LogP contribution >= 0.6 is 54.5 Å². The van der Waals surface area contributed by atoms with Crippen LogP contribution in [-0.2, 0) is 81.5 Å². The van der Waals surface area contributed by atoms with E-state index in [1.165, 1.54) is 74.8 Å². The molecule has 18 rings (SSSR count). The van der Waals surface area contributed by atoms with Crippen molar-refractivity contribution >= 4 is 138 Å². The van der Waals surface area contributed by atoms with E-state index >= 15 is 0 Å². The Balaban J connectivity index is 0.000000819. The van der Waals surface area contributed by atoms with Gasteiger partial charge in [0.2, 0.25) is 0 Å². The third-order valence-electron chi connectivity index (χ3n) is 26.1. The molecule has 0 spiro atoms. The van der Waals surface area contributed by atoms with Crippen LogP contribution in [0.3, 0.4) is 0 Å². The van der Waals surface area contributed by atoms with Crippen molar-refractivity contribution in [3.63, 3.8) is 0 Å². The van der Waals surface area contributed by atoms with Gasteiger partial charge in [0.05, 0.1) is 55.5 Å². The molecule has 6 bridgehead atoms. The van der Waals surface area contributed by atoms with Gasteiger partial charge in [0.25, 0.3) is 6.47 Å². The molecular formula is C97H138AlCl4K2LiN13O24P. The molecule has 0 unspecified atom stereocenters. The van der Waals surface area contributed by atoms with Crippen LogP contribution in [0.4, 0.5) is 14.4 Å². The van der Waals surface area contributed by atoms with Crippen LogP contribution in [0.2, 0.25) is 0 Å². The van der Waals surface area contributed by atoms with Crippen LogP contribution in [0, 0.1) is 107 Å². The number of hydroxylamine groups is 6. The number of benzene rings is 3. The number of Topliss-reactive ketones (excluding diaryl/α,β-unsaturated/α-hetero) is 1. The number of esters is 1. The molecule has 8 heterocycles. The van der Waals surface area contributed by atoms with E-state index in [0.29, 0.717) is 88.0 Å². The Hall–Kier alpha value is -5.72. The fraction of sp³-hybridized carbons (Fsp3) is 0.598. The van der Waals surface area contributed by atoms with E-state index in [1.807, 2.05) is 95.9 Å². The molecule has 46 heteroatoms. The zero-order valence-electron chi connectivity index (χ0n) is 85.6. The third kappa shape index (κ3) is 40.2. The molecule has 0 radical (unpaired) electrons. The molecule has 2 aromatic heterocycles. The number of hydrogen-bond acceptors (Lipinski definition) is 28. The fourth-order valence-corrected chi connectivity index (χ4v) is 19.6. The van der Waals surface area contributed by atoms with Gasteiger partial charge in [-0.25, -0.2) is 28.8 Å². The molecule has 5 aromatic rings. The number of amides is 6. The van der Waals surface area contributed by atoms with Crippen molar-refractivity contribution in [2.75, 3.05) is 47.6 Å². The maximum absolute atomic E-state index is 12.9. The minimum atomic E-state index is -3.59. The number of terminal acetylenes is 2. The predicted molar refractivity (Wildman–Crippen MR) is 530 cm³/mol. The van der Waals surface area contributed by atoms with Gasteiger partial charge in [0.15, 0.2) is 33.8 Å². The van der Waals surface area contributed by atoms with Gasteiger partial charge in [-0.1, -0.05) is 167 Å². The Kier molecular flexibility index (Phi) is 62.0. The number of carbonyl (C=O) groups excluding carboxylic acids is 8. The molecule has 3 aromatic carbocycles. The van der Waals surface area contributed by atoms with Gasteiger partial charge in [-0.15, -0.1) is 36.9 Å². The molecule has 6 amide bonds. The third-order valence-corrected chi connectivity index (χ3v) is 29.1. The second kappa shape index (κ2) is 67.5. The standard InChI is InChI=1S/C21H25N3O3.C14H16ClN3O3.C14H17N3O3.C7H12O2.2C7H10.C6H12O.2C6H10O.C5H10NO4P.C3Cl3N3O3.CH2O3.Al.2K.Li.5H/c1-14-9-16(10-14)20-11-18(22-27-20)19-8-7-17-12-23(19)21(25)24(17)26-13-15-5-3-2-4-6-15;15-13(16-20)12-7-6-11-8-17(12)14(19)18(11)21-9-10-4-2-1-3-5-10;18-14-16-9-13(7-6-12(16)8-15-19)17(14)20-10-11-4-2-1-3-5-11;1-5-3-6(4-5)7(8)9-2;2*1-3-7-4-6(2)5-7;3*1-5-2-6(3-5)4-7;1-4(7)5(6)11(8,9-2)10-3;4-7-1(10)8(5)3(12)9(6)2(7)11;2-1-4-3;;;;;;;;;/h2-6,11,14,16-17,19H,7-10,12-13H2,1H3;1-5,11-12,20H,6-9H2;1-5,8,12-13,19H,6-7,9-10H2;5-6H,3-4H2,1-2H3;2*1,6-7H,4-5H2,2H3;5-7H,2-4H2,1H3;2*4-6H,2-3H2,1H3;6H,1-3H3;;1,3H;;;;;;;;;/q;;;;;;;;;;;;;3*+1;;;;2*-1/p-1/b;16-13-;15-8+;;;;;;;;;;;;;;;;;;/t14?,16?,17-,19+;11-,12+;12-,13+;;;;;;;;;;;;;;;;;;/m110................../s1. The summed E-state index contributed by atoms with van der Waals surface area (Å²) in [6.45, 7) is 19.9. The molecule has 774 valence electrons. The van der Waals surface area contributed by atoms with E-state index in [0.717, 1.165) is 174 Å². The van der Waals surface area contributed by atoms with Gasteiger partial charge >= 0.3 is 170 Å². The van der Waals surface area contributed by atoms with Gasteiger partial charge in [-0.05, 0) is 192 Å². The van der Waals surface area contributed by atoms with Crippen molar-refractivity contribution in [2.45, 2.75) is 246 Å². The Bertz CT molecular complexity index is 5010. The first-order valence-electron chi connectivity index (χ1n) is 46.8. The van der Waals surface area contributed by atoms with Crippen LogP contribution in [-0.4, -0.2) is 224 Å². The molecule has 6 aliphatic heterocycles.